The first kappa shape index (κ1) is 14.0. The van der Waals surface area contributed by atoms with Crippen molar-refractivity contribution in [2.75, 3.05) is 4.90 Å². The van der Waals surface area contributed by atoms with Crippen LogP contribution in [0.2, 0.25) is 0 Å². The van der Waals surface area contributed by atoms with Crippen molar-refractivity contribution in [3.8, 4) is 11.1 Å². The molecule has 2 aromatic rings. The fraction of sp³-hybridized carbons (Fsp3) is 0.333. The second kappa shape index (κ2) is 5.04. The molecule has 2 unspecified atom stereocenters. The molecule has 2 amide bonds. The number of hydrogen-bond acceptors (Lipinski definition) is 2. The Morgan fingerprint density at radius 3 is 2.21 bits per heavy atom. The summed E-state index contributed by atoms with van der Waals surface area (Å²) in [5.41, 5.74) is 5.78. The SMILES string of the molecule is O=C1C2CCCCC2C(=O)N1c1ccc2c(c1)Cc1ccccc1-2. The van der Waals surface area contributed by atoms with Gasteiger partial charge in [0.15, 0.2) is 0 Å². The zero-order valence-corrected chi connectivity index (χ0v) is 13.5. The van der Waals surface area contributed by atoms with Crippen molar-refractivity contribution >= 4 is 17.5 Å². The maximum Gasteiger partial charge on any atom is 0.237 e. The van der Waals surface area contributed by atoms with Gasteiger partial charge in [-0.2, -0.15) is 0 Å². The molecule has 120 valence electrons. The highest BCUT2D eigenvalue weighted by Gasteiger charge is 2.48. The molecule has 2 fully saturated rings. The van der Waals surface area contributed by atoms with Crippen LogP contribution >= 0.6 is 0 Å². The van der Waals surface area contributed by atoms with Gasteiger partial charge >= 0.3 is 0 Å². The van der Waals surface area contributed by atoms with E-state index in [1.54, 1.807) is 0 Å². The van der Waals surface area contributed by atoms with Crippen LogP contribution in [0.4, 0.5) is 5.69 Å². The van der Waals surface area contributed by atoms with Crippen LogP contribution in [0.3, 0.4) is 0 Å². The Bertz CT molecular complexity index is 846. The first-order chi connectivity index (χ1) is 11.7. The monoisotopic (exact) mass is 317 g/mol. The molecule has 0 aromatic heterocycles. The van der Waals surface area contributed by atoms with Crippen molar-refractivity contribution in [3.05, 3.63) is 53.6 Å². The molecular formula is C21H19NO2. The Labute approximate surface area is 141 Å². The normalized spacial score (nSPS) is 24.8. The molecule has 0 spiro atoms. The second-order valence-electron chi connectivity index (χ2n) is 7.18. The van der Waals surface area contributed by atoms with Gasteiger partial charge in [0.2, 0.25) is 11.8 Å². The van der Waals surface area contributed by atoms with Gasteiger partial charge in [-0.25, -0.2) is 0 Å². The van der Waals surface area contributed by atoms with Crippen LogP contribution in [0.25, 0.3) is 11.1 Å². The topological polar surface area (TPSA) is 37.4 Å². The molecule has 0 radical (unpaired) electrons. The number of nitrogens with zero attached hydrogens (tertiary/aromatic N) is 1. The van der Waals surface area contributed by atoms with E-state index in [1.165, 1.54) is 27.2 Å². The predicted octanol–water partition coefficient (Wildman–Crippen LogP) is 3.94. The van der Waals surface area contributed by atoms with Crippen molar-refractivity contribution in [3.63, 3.8) is 0 Å². The van der Waals surface area contributed by atoms with Crippen LogP contribution in [0.15, 0.2) is 42.5 Å². The third kappa shape index (κ3) is 1.84. The summed E-state index contributed by atoms with van der Waals surface area (Å²) in [4.78, 5) is 27.0. The lowest BCUT2D eigenvalue weighted by molar-refractivity contribution is -0.122. The zero-order chi connectivity index (χ0) is 16.3. The van der Waals surface area contributed by atoms with E-state index in [4.69, 9.17) is 0 Å². The van der Waals surface area contributed by atoms with Crippen LogP contribution in [0.5, 0.6) is 0 Å². The van der Waals surface area contributed by atoms with E-state index in [0.717, 1.165) is 37.8 Å². The number of rotatable bonds is 1. The van der Waals surface area contributed by atoms with E-state index < -0.39 is 0 Å². The number of hydrogen-bond donors (Lipinski definition) is 0. The van der Waals surface area contributed by atoms with Crippen LogP contribution in [-0.4, -0.2) is 11.8 Å². The average Bonchev–Trinajstić information content (AvgIpc) is 3.10. The smallest absolute Gasteiger partial charge is 0.237 e. The summed E-state index contributed by atoms with van der Waals surface area (Å²) in [5.74, 6) is -0.145. The fourth-order valence-electron chi connectivity index (χ4n) is 4.69. The van der Waals surface area contributed by atoms with Gasteiger partial charge in [-0.1, -0.05) is 43.2 Å². The van der Waals surface area contributed by atoms with E-state index in [-0.39, 0.29) is 23.7 Å². The lowest BCUT2D eigenvalue weighted by atomic mass is 9.81. The third-order valence-corrected chi connectivity index (χ3v) is 5.88. The van der Waals surface area contributed by atoms with Crippen molar-refractivity contribution < 1.29 is 9.59 Å². The summed E-state index contributed by atoms with van der Waals surface area (Å²) < 4.78 is 0. The second-order valence-corrected chi connectivity index (χ2v) is 7.18. The standard InChI is InChI=1S/C21H19NO2/c23-20-18-7-3-4-8-19(18)21(24)22(20)15-9-10-17-14(12-15)11-13-5-1-2-6-16(13)17/h1-2,5-6,9-10,12,18-19H,3-4,7-8,11H2. The Kier molecular flexibility index (Phi) is 2.93. The molecule has 0 N–H and O–H groups in total. The largest absolute Gasteiger partial charge is 0.274 e. The maximum absolute atomic E-state index is 12.8. The summed E-state index contributed by atoms with van der Waals surface area (Å²) in [6, 6.07) is 14.5. The van der Waals surface area contributed by atoms with E-state index in [9.17, 15) is 9.59 Å². The molecule has 1 saturated carbocycles. The molecule has 0 bridgehead atoms. The van der Waals surface area contributed by atoms with Crippen molar-refractivity contribution in [2.45, 2.75) is 32.1 Å². The molecule has 3 nitrogen and oxygen atoms in total. The van der Waals surface area contributed by atoms with Gasteiger partial charge in [-0.15, -0.1) is 0 Å². The van der Waals surface area contributed by atoms with Crippen LogP contribution < -0.4 is 4.90 Å². The van der Waals surface area contributed by atoms with Gasteiger partial charge in [0, 0.05) is 0 Å². The number of carbonyl (C=O) groups is 2. The van der Waals surface area contributed by atoms with Gasteiger partial charge in [-0.05, 0) is 53.6 Å². The molecule has 2 atom stereocenters. The molecular weight excluding hydrogens is 298 g/mol. The summed E-state index contributed by atoms with van der Waals surface area (Å²) >= 11 is 0. The highest BCUT2D eigenvalue weighted by Crippen LogP contribution is 2.42. The van der Waals surface area contributed by atoms with Gasteiger partial charge in [-0.3, -0.25) is 14.5 Å². The zero-order valence-electron chi connectivity index (χ0n) is 13.5. The first-order valence-electron chi connectivity index (χ1n) is 8.83. The Hall–Kier alpha value is -2.42. The summed E-state index contributed by atoms with van der Waals surface area (Å²) in [7, 11) is 0. The molecule has 3 heteroatoms. The Morgan fingerprint density at radius 1 is 0.792 bits per heavy atom. The lowest BCUT2D eigenvalue weighted by Crippen LogP contribution is -2.30. The minimum atomic E-state index is -0.0864. The van der Waals surface area contributed by atoms with Crippen molar-refractivity contribution in [2.24, 2.45) is 11.8 Å². The van der Waals surface area contributed by atoms with Gasteiger partial charge in [0.05, 0.1) is 17.5 Å². The Balaban J connectivity index is 1.54. The highest BCUT2D eigenvalue weighted by atomic mass is 16.2. The minimum absolute atomic E-state index is 0.0140. The summed E-state index contributed by atoms with van der Waals surface area (Å²) in [6.45, 7) is 0. The van der Waals surface area contributed by atoms with Crippen LogP contribution in [0, 0.1) is 11.8 Å². The number of benzene rings is 2. The van der Waals surface area contributed by atoms with E-state index >= 15 is 0 Å². The number of amides is 2. The van der Waals surface area contributed by atoms with Crippen molar-refractivity contribution in [1.29, 1.82) is 0 Å². The predicted molar refractivity (Wildman–Crippen MR) is 92.6 cm³/mol. The van der Waals surface area contributed by atoms with E-state index in [0.29, 0.717) is 0 Å². The molecule has 3 aliphatic rings. The molecule has 24 heavy (non-hydrogen) atoms. The van der Waals surface area contributed by atoms with E-state index in [2.05, 4.69) is 30.3 Å². The van der Waals surface area contributed by atoms with Crippen LogP contribution in [-0.2, 0) is 16.0 Å². The summed E-state index contributed by atoms with van der Waals surface area (Å²) in [5, 5.41) is 0. The van der Waals surface area contributed by atoms with Gasteiger partial charge in [0.25, 0.3) is 0 Å². The Morgan fingerprint density at radius 2 is 1.46 bits per heavy atom. The number of anilines is 1. The van der Waals surface area contributed by atoms with Gasteiger partial charge < -0.3 is 0 Å². The van der Waals surface area contributed by atoms with Crippen LogP contribution in [0.1, 0.15) is 36.8 Å². The lowest BCUT2D eigenvalue weighted by Gasteiger charge is -2.19. The molecule has 1 saturated heterocycles. The highest BCUT2D eigenvalue weighted by molar-refractivity contribution is 6.22. The van der Waals surface area contributed by atoms with Crippen molar-refractivity contribution in [1.82, 2.24) is 0 Å². The summed E-state index contributed by atoms with van der Waals surface area (Å²) in [6.07, 6.45) is 4.73. The third-order valence-electron chi connectivity index (χ3n) is 5.88. The maximum atomic E-state index is 12.8. The molecule has 2 aliphatic carbocycles. The first-order valence-corrected chi connectivity index (χ1v) is 8.83. The average molecular weight is 317 g/mol. The van der Waals surface area contributed by atoms with Gasteiger partial charge in [0.1, 0.15) is 0 Å². The number of carbonyl (C=O) groups excluding carboxylic acids is 2. The number of fused-ring (bicyclic) bond motifs is 4. The molecule has 5 rings (SSSR count). The number of imide groups is 1. The van der Waals surface area contributed by atoms with E-state index in [1.807, 2.05) is 12.1 Å². The quantitative estimate of drug-likeness (QED) is 0.638. The molecule has 2 aromatic carbocycles. The minimum Gasteiger partial charge on any atom is -0.274 e. The molecule has 1 heterocycles. The molecule has 1 aliphatic heterocycles. The fourth-order valence-corrected chi connectivity index (χ4v) is 4.69.